The fourth-order valence-corrected chi connectivity index (χ4v) is 5.12. The maximum absolute atomic E-state index is 14.0. The number of carbonyl (C=O) groups excluding carboxylic acids is 3. The summed E-state index contributed by atoms with van der Waals surface area (Å²) in [5.41, 5.74) is 2.41. The summed E-state index contributed by atoms with van der Waals surface area (Å²) in [5.74, 6) is -1.21. The molecule has 2 amide bonds. The summed E-state index contributed by atoms with van der Waals surface area (Å²) >= 11 is 0. The molecule has 3 N–H and O–H groups in total. The summed E-state index contributed by atoms with van der Waals surface area (Å²) in [6.07, 6.45) is 1.30. The summed E-state index contributed by atoms with van der Waals surface area (Å²) in [6, 6.07) is 16.9. The van der Waals surface area contributed by atoms with Gasteiger partial charge in [0.1, 0.15) is 17.3 Å². The van der Waals surface area contributed by atoms with Crippen molar-refractivity contribution in [3.8, 4) is 11.4 Å². The normalized spacial score (nSPS) is 13.6. The molecule has 0 spiro atoms. The number of benzene rings is 3. The summed E-state index contributed by atoms with van der Waals surface area (Å²) in [4.78, 5) is 59.4. The van der Waals surface area contributed by atoms with Crippen molar-refractivity contribution >= 4 is 29.0 Å². The van der Waals surface area contributed by atoms with Gasteiger partial charge in [-0.15, -0.1) is 0 Å². The van der Waals surface area contributed by atoms with Gasteiger partial charge in [-0.25, -0.2) is 9.37 Å². The van der Waals surface area contributed by atoms with Gasteiger partial charge < -0.3 is 25.6 Å². The predicted molar refractivity (Wildman–Crippen MR) is 173 cm³/mol. The number of hydrogen-bond acceptors (Lipinski definition) is 8. The lowest BCUT2D eigenvalue weighted by Crippen LogP contribution is -2.38. The van der Waals surface area contributed by atoms with E-state index in [0.29, 0.717) is 54.1 Å². The highest BCUT2D eigenvalue weighted by Crippen LogP contribution is 2.25. The van der Waals surface area contributed by atoms with E-state index in [0.717, 1.165) is 5.69 Å². The molecule has 0 saturated carbocycles. The molecule has 1 atom stereocenters. The van der Waals surface area contributed by atoms with Crippen molar-refractivity contribution < 1.29 is 23.5 Å². The zero-order valence-electron chi connectivity index (χ0n) is 25.8. The first-order valence-electron chi connectivity index (χ1n) is 14.9. The first-order valence-corrected chi connectivity index (χ1v) is 14.9. The number of anilines is 2. The molecule has 1 aliphatic heterocycles. The Bertz CT molecular complexity index is 1820. The van der Waals surface area contributed by atoms with Crippen LogP contribution < -0.4 is 26.4 Å². The summed E-state index contributed by atoms with van der Waals surface area (Å²) < 4.78 is 20.6. The van der Waals surface area contributed by atoms with Crippen LogP contribution in [-0.2, 0) is 16.1 Å². The number of halogens is 1. The Hall–Kier alpha value is -5.20. The largest absolute Gasteiger partial charge is 0.378 e. The molecule has 46 heavy (non-hydrogen) atoms. The number of hydrogen-bond donors (Lipinski definition) is 3. The van der Waals surface area contributed by atoms with Crippen molar-refractivity contribution in [1.82, 2.24) is 20.2 Å². The van der Waals surface area contributed by atoms with Crippen molar-refractivity contribution in [3.63, 3.8) is 0 Å². The number of likely N-dealkylation sites (N-methyl/N-ethyl adjacent to an activating group) is 1. The van der Waals surface area contributed by atoms with E-state index in [2.05, 4.69) is 25.8 Å². The molecular weight excluding hydrogens is 591 g/mol. The molecule has 1 fully saturated rings. The molecule has 0 radical (unpaired) electrons. The van der Waals surface area contributed by atoms with E-state index in [4.69, 9.17) is 4.74 Å². The van der Waals surface area contributed by atoms with Gasteiger partial charge in [-0.05, 0) is 74.1 Å². The van der Waals surface area contributed by atoms with E-state index >= 15 is 0 Å². The molecule has 3 aromatic carbocycles. The topological polar surface area (TPSA) is 135 Å². The van der Waals surface area contributed by atoms with Crippen molar-refractivity contribution in [2.45, 2.75) is 19.5 Å². The number of ketones is 1. The van der Waals surface area contributed by atoms with E-state index in [9.17, 15) is 23.6 Å². The van der Waals surface area contributed by atoms with Crippen LogP contribution in [0.25, 0.3) is 11.4 Å². The van der Waals surface area contributed by atoms with Crippen molar-refractivity contribution in [2.24, 2.45) is 0 Å². The van der Waals surface area contributed by atoms with Gasteiger partial charge in [0.25, 0.3) is 11.5 Å². The molecule has 5 rings (SSSR count). The molecule has 4 aromatic rings. The minimum atomic E-state index is -0.568. The number of nitrogens with zero attached hydrogens (tertiary/aromatic N) is 3. The standard InChI is InChI=1S/C34H35FN6O5/c1-21(36-2)32(43)39-29-19-38-31(24-5-4-6-25(17-24)33(44)37-3)41(34(29)45)20-22-15-26(30(42)23-7-9-27(35)10-8-23)18-28(16-22)40-11-13-46-14-12-40/h4-10,15-19,21,36H,11-14,20H2,1-3H3,(H,37,44)(H,39,43)/t21-/m0/s1. The molecule has 1 saturated heterocycles. The van der Waals surface area contributed by atoms with E-state index in [-0.39, 0.29) is 29.7 Å². The molecule has 1 aliphatic rings. The SMILES string of the molecule is CNC(=O)c1cccc(-c2ncc(NC(=O)[C@H](C)NC)c(=O)n2Cc2cc(C(=O)c3ccc(F)cc3)cc(N3CCOCC3)c2)c1. The Morgan fingerprint density at radius 3 is 2.39 bits per heavy atom. The number of aromatic nitrogens is 2. The van der Waals surface area contributed by atoms with Gasteiger partial charge in [-0.2, -0.15) is 0 Å². The zero-order chi connectivity index (χ0) is 32.8. The van der Waals surface area contributed by atoms with Crippen LogP contribution in [0.3, 0.4) is 0 Å². The Morgan fingerprint density at radius 1 is 0.957 bits per heavy atom. The Labute approximate surface area is 265 Å². The molecule has 12 heteroatoms. The number of ether oxygens (including phenoxy) is 1. The Morgan fingerprint density at radius 2 is 1.70 bits per heavy atom. The van der Waals surface area contributed by atoms with Crippen molar-refractivity contribution in [1.29, 1.82) is 0 Å². The fourth-order valence-electron chi connectivity index (χ4n) is 5.12. The highest BCUT2D eigenvalue weighted by atomic mass is 19.1. The van der Waals surface area contributed by atoms with Crippen LogP contribution in [0.5, 0.6) is 0 Å². The quantitative estimate of drug-likeness (QED) is 0.229. The second-order valence-electron chi connectivity index (χ2n) is 10.9. The van der Waals surface area contributed by atoms with Crippen LogP contribution in [0.4, 0.5) is 15.8 Å². The highest BCUT2D eigenvalue weighted by Gasteiger charge is 2.21. The smallest absolute Gasteiger partial charge is 0.277 e. The number of amides is 2. The average Bonchev–Trinajstić information content (AvgIpc) is 3.09. The van der Waals surface area contributed by atoms with Crippen LogP contribution in [0.2, 0.25) is 0 Å². The van der Waals surface area contributed by atoms with Crippen molar-refractivity contribution in [2.75, 3.05) is 50.6 Å². The van der Waals surface area contributed by atoms with Crippen molar-refractivity contribution in [3.05, 3.63) is 111 Å². The van der Waals surface area contributed by atoms with Gasteiger partial charge in [0.05, 0.1) is 32.0 Å². The number of morpholine rings is 1. The Kier molecular flexibility index (Phi) is 9.99. The van der Waals surface area contributed by atoms with Crippen LogP contribution in [0.1, 0.15) is 38.8 Å². The molecule has 1 aromatic heterocycles. The minimum absolute atomic E-state index is 0.0153. The maximum atomic E-state index is 14.0. The van der Waals surface area contributed by atoms with Gasteiger partial charge in [0.15, 0.2) is 5.78 Å². The van der Waals surface area contributed by atoms with Gasteiger partial charge >= 0.3 is 0 Å². The lowest BCUT2D eigenvalue weighted by molar-refractivity contribution is -0.117. The summed E-state index contributed by atoms with van der Waals surface area (Å²) in [7, 11) is 3.16. The predicted octanol–water partition coefficient (Wildman–Crippen LogP) is 3.07. The third-order valence-corrected chi connectivity index (χ3v) is 7.80. The fraction of sp³-hybridized carbons (Fsp3) is 0.265. The molecule has 2 heterocycles. The molecule has 0 unspecified atom stereocenters. The average molecular weight is 627 g/mol. The number of nitrogens with one attached hydrogen (secondary N) is 3. The molecule has 238 valence electrons. The van der Waals surface area contributed by atoms with E-state index in [1.54, 1.807) is 50.4 Å². The third kappa shape index (κ3) is 7.19. The molecule has 0 aliphatic carbocycles. The zero-order valence-corrected chi connectivity index (χ0v) is 25.8. The monoisotopic (exact) mass is 626 g/mol. The van der Waals surface area contributed by atoms with Crippen LogP contribution in [0.15, 0.2) is 77.7 Å². The molecule has 11 nitrogen and oxygen atoms in total. The van der Waals surface area contributed by atoms with Gasteiger partial charge in [0.2, 0.25) is 5.91 Å². The number of rotatable bonds is 10. The summed E-state index contributed by atoms with van der Waals surface area (Å²) in [6.45, 7) is 3.91. The molecule has 0 bridgehead atoms. The molecular formula is C34H35FN6O5. The highest BCUT2D eigenvalue weighted by molar-refractivity contribution is 6.09. The second-order valence-corrected chi connectivity index (χ2v) is 10.9. The van der Waals surface area contributed by atoms with Gasteiger partial charge in [0, 0.05) is 48.1 Å². The van der Waals surface area contributed by atoms with Crippen LogP contribution in [-0.4, -0.2) is 73.6 Å². The van der Waals surface area contributed by atoms with E-state index in [1.807, 2.05) is 6.07 Å². The first kappa shape index (κ1) is 32.2. The van der Waals surface area contributed by atoms with Gasteiger partial charge in [-0.3, -0.25) is 23.7 Å². The van der Waals surface area contributed by atoms with Gasteiger partial charge in [-0.1, -0.05) is 12.1 Å². The number of carbonyl (C=O) groups is 3. The van der Waals surface area contributed by atoms with E-state index < -0.39 is 23.3 Å². The maximum Gasteiger partial charge on any atom is 0.277 e. The minimum Gasteiger partial charge on any atom is -0.378 e. The second kappa shape index (κ2) is 14.3. The Balaban J connectivity index is 1.64. The third-order valence-electron chi connectivity index (χ3n) is 7.80. The van der Waals surface area contributed by atoms with Crippen LogP contribution in [0, 0.1) is 5.82 Å². The lowest BCUT2D eigenvalue weighted by atomic mass is 9.99. The summed E-state index contributed by atoms with van der Waals surface area (Å²) in [5, 5.41) is 8.09. The van der Waals surface area contributed by atoms with Crippen LogP contribution >= 0.6 is 0 Å². The lowest BCUT2D eigenvalue weighted by Gasteiger charge is -2.29. The first-order chi connectivity index (χ1) is 22.2. The van der Waals surface area contributed by atoms with E-state index in [1.165, 1.54) is 42.1 Å².